The van der Waals surface area contributed by atoms with Crippen LogP contribution < -0.4 is 0 Å². The van der Waals surface area contributed by atoms with Crippen molar-refractivity contribution < 1.29 is 38.4 Å². The molecule has 0 aliphatic rings. The monoisotopic (exact) mass is 588 g/mol. The Morgan fingerprint density at radius 1 is 0.295 bits per heavy atom. The fourth-order valence-electron chi connectivity index (χ4n) is 5.02. The molecule has 0 saturated heterocycles. The largest absolute Gasteiger partial charge is 0.309 e. The van der Waals surface area contributed by atoms with E-state index < -0.39 is 246 Å². The van der Waals surface area contributed by atoms with E-state index in [1.807, 2.05) is 0 Å². The van der Waals surface area contributed by atoms with Crippen molar-refractivity contribution in [3.05, 3.63) is 169 Å². The molecule has 0 radical (unpaired) electrons. The molecule has 0 bridgehead atoms. The Morgan fingerprint density at radius 3 is 1.39 bits per heavy atom. The Bertz CT molecular complexity index is 3990. The highest BCUT2D eigenvalue weighted by molar-refractivity contribution is 6.19. The van der Waals surface area contributed by atoms with Crippen LogP contribution in [-0.4, -0.2) is 9.13 Å². The van der Waals surface area contributed by atoms with E-state index in [1.54, 1.807) is 0 Å². The van der Waals surface area contributed by atoms with Gasteiger partial charge in [0.1, 0.15) is 0 Å². The molecule has 0 fully saturated rings. The van der Waals surface area contributed by atoms with E-state index in [1.165, 1.54) is 0 Å². The molecule has 2 aromatic heterocycles. The number of rotatable bonds is 4. The van der Waals surface area contributed by atoms with Crippen LogP contribution in [0.2, 0.25) is 0 Å². The fourth-order valence-corrected chi connectivity index (χ4v) is 5.02. The smallest absolute Gasteiger partial charge is 0.0668 e. The van der Waals surface area contributed by atoms with Gasteiger partial charge in [-0.1, -0.05) is 121 Å². The molecule has 2 heteroatoms. The van der Waals surface area contributed by atoms with E-state index in [0.717, 1.165) is 0 Å². The summed E-state index contributed by atoms with van der Waals surface area (Å²) in [7, 11) is 0. The molecule has 9 rings (SSSR count). The second-order valence-corrected chi connectivity index (χ2v) is 9.26. The average Bonchev–Trinajstić information content (AvgIpc) is 3.89. The molecule has 0 aliphatic carbocycles. The van der Waals surface area contributed by atoms with Crippen LogP contribution in [0.5, 0.6) is 0 Å². The molecule has 0 atom stereocenters. The molecule has 9 aromatic rings. The Morgan fingerprint density at radius 2 is 0.773 bits per heavy atom. The number of hydrogen-bond donors (Lipinski definition) is 0. The van der Waals surface area contributed by atoms with Gasteiger partial charge in [-0.05, 0) is 70.6 Å². The molecule has 0 spiro atoms. The number of hydrogen-bond acceptors (Lipinski definition) is 0. The van der Waals surface area contributed by atoms with Crippen LogP contribution >= 0.6 is 0 Å². The quantitative estimate of drug-likeness (QED) is 0.193. The van der Waals surface area contributed by atoms with Gasteiger partial charge in [0.15, 0.2) is 0 Å². The SMILES string of the molecule is [2H]c1c([2H])c([2H])c(-c2c([2H])c([2H])c(-n3c4c([2H])c([2H])c([2H])c([2H])c4c4c([2H])c5c6c([2H])c([2H])c([2H])c([2H])c6n(-c6c([2H])c([2H])c([2H])c(-c7c([2H])c([2H])c([2H])c([2H])c7[2H])c6[2H])c5c([2H])c43)c([2H])c2[2H])c([2H])c1[2H]. The second-order valence-electron chi connectivity index (χ2n) is 9.26. The summed E-state index contributed by atoms with van der Waals surface area (Å²) in [4.78, 5) is 0. The minimum absolute atomic E-state index is 0.567. The summed E-state index contributed by atoms with van der Waals surface area (Å²) in [6.07, 6.45) is 0. The average molecular weight is 589 g/mol. The summed E-state index contributed by atoms with van der Waals surface area (Å²) in [5, 5.41) is -2.30. The summed E-state index contributed by atoms with van der Waals surface area (Å²) in [5.41, 5.74) is -7.61. The van der Waals surface area contributed by atoms with Crippen molar-refractivity contribution in [2.75, 3.05) is 0 Å². The van der Waals surface area contributed by atoms with Gasteiger partial charge in [-0.3, -0.25) is 0 Å². The van der Waals surface area contributed by atoms with Crippen LogP contribution in [0, 0.1) is 0 Å². The standard InChI is InChI=1S/C42H28N2/c1-3-12-29(13-4-1)31-22-24-33(25-23-31)43-39-20-9-7-18-35(39)37-27-38-36-19-8-10-21-40(36)44(42(38)28-41(37)43)34-17-11-16-32(26-34)30-14-5-2-6-15-30/h1-28H/i1D,2D,3D,4D,5D,6D,7D,8D,9D,10D,11D,12D,13D,14D,15D,16D,17D,18D,19D,20D,21D,22D,23D,24D,25D,26D,27D,28D. The lowest BCUT2D eigenvalue weighted by Crippen LogP contribution is -1.96. The Hall–Kier alpha value is -5.86. The summed E-state index contributed by atoms with van der Waals surface area (Å²) in [6.45, 7) is 0. The highest BCUT2D eigenvalue weighted by Gasteiger charge is 2.18. The van der Waals surface area contributed by atoms with Crippen molar-refractivity contribution in [1.29, 1.82) is 0 Å². The molecule has 0 N–H and O–H groups in total. The Kier molecular flexibility index (Phi) is 2.14. The van der Waals surface area contributed by atoms with Crippen molar-refractivity contribution in [3.8, 4) is 33.6 Å². The number of para-hydroxylation sites is 2. The molecule has 2 heterocycles. The zero-order valence-corrected chi connectivity index (χ0v) is 21.9. The maximum Gasteiger partial charge on any atom is 0.0668 e. The Labute approximate surface area is 295 Å². The molecule has 0 aliphatic heterocycles. The van der Waals surface area contributed by atoms with Gasteiger partial charge in [0.25, 0.3) is 0 Å². The van der Waals surface area contributed by atoms with Crippen molar-refractivity contribution in [2.24, 2.45) is 0 Å². The first-order valence-corrected chi connectivity index (χ1v) is 12.8. The third-order valence-electron chi connectivity index (χ3n) is 6.86. The molecule has 0 amide bonds. The van der Waals surface area contributed by atoms with E-state index in [0.29, 0.717) is 9.13 Å². The first-order chi connectivity index (χ1) is 33.5. The molecular weight excluding hydrogens is 532 g/mol. The summed E-state index contributed by atoms with van der Waals surface area (Å²) < 4.78 is 250. The molecular formula is C42H28N2. The lowest BCUT2D eigenvalue weighted by molar-refractivity contribution is 1.16. The van der Waals surface area contributed by atoms with Crippen LogP contribution in [0.15, 0.2) is 169 Å². The summed E-state index contributed by atoms with van der Waals surface area (Å²) >= 11 is 0. The molecule has 0 unspecified atom stereocenters. The highest BCUT2D eigenvalue weighted by atomic mass is 15.0. The predicted molar refractivity (Wildman–Crippen MR) is 186 cm³/mol. The summed E-state index contributed by atoms with van der Waals surface area (Å²) in [5.74, 6) is 0. The minimum Gasteiger partial charge on any atom is -0.309 e. The van der Waals surface area contributed by atoms with Gasteiger partial charge in [0, 0.05) is 32.9 Å². The second kappa shape index (κ2) is 9.86. The van der Waals surface area contributed by atoms with E-state index >= 15 is 0 Å². The van der Waals surface area contributed by atoms with E-state index in [9.17, 15) is 12.3 Å². The van der Waals surface area contributed by atoms with Gasteiger partial charge in [-0.25, -0.2) is 0 Å². The van der Waals surface area contributed by atoms with Gasteiger partial charge in [-0.2, -0.15) is 0 Å². The number of nitrogens with zero attached hydrogens (tertiary/aromatic N) is 2. The normalized spacial score (nSPS) is 20.5. The fraction of sp³-hybridized carbons (Fsp3) is 0. The zero-order chi connectivity index (χ0) is 53.4. The number of fused-ring (bicyclic) bond motifs is 6. The zero-order valence-electron chi connectivity index (χ0n) is 49.9. The van der Waals surface area contributed by atoms with Crippen LogP contribution in [-0.2, 0) is 0 Å². The lowest BCUT2D eigenvalue weighted by Gasteiger charge is -2.12. The molecule has 2 nitrogen and oxygen atoms in total. The third kappa shape index (κ3) is 3.82. The van der Waals surface area contributed by atoms with Crippen molar-refractivity contribution in [2.45, 2.75) is 0 Å². The van der Waals surface area contributed by atoms with Crippen LogP contribution in [0.25, 0.3) is 77.2 Å². The van der Waals surface area contributed by atoms with E-state index in [-0.39, 0.29) is 0 Å². The summed E-state index contributed by atoms with van der Waals surface area (Å²) in [6, 6.07) is -26.3. The first-order valence-electron chi connectivity index (χ1n) is 26.8. The Balaban J connectivity index is 1.59. The van der Waals surface area contributed by atoms with Gasteiger partial charge in [-0.15, -0.1) is 0 Å². The highest BCUT2D eigenvalue weighted by Crippen LogP contribution is 2.40. The molecule has 206 valence electrons. The van der Waals surface area contributed by atoms with Crippen LogP contribution in [0.1, 0.15) is 38.4 Å². The third-order valence-corrected chi connectivity index (χ3v) is 6.86. The van der Waals surface area contributed by atoms with Gasteiger partial charge >= 0.3 is 0 Å². The number of aromatic nitrogens is 2. The first kappa shape index (κ1) is 9.57. The van der Waals surface area contributed by atoms with Gasteiger partial charge in [0.2, 0.25) is 0 Å². The minimum atomic E-state index is -1.06. The predicted octanol–water partition coefficient (Wildman–Crippen LogP) is 11.2. The number of benzene rings is 7. The maximum atomic E-state index is 10.1. The lowest BCUT2D eigenvalue weighted by atomic mass is 10.1. The van der Waals surface area contributed by atoms with Crippen LogP contribution in [0.3, 0.4) is 0 Å². The maximum absolute atomic E-state index is 10.1. The van der Waals surface area contributed by atoms with Crippen molar-refractivity contribution in [3.63, 3.8) is 0 Å². The van der Waals surface area contributed by atoms with Crippen LogP contribution in [0.4, 0.5) is 0 Å². The van der Waals surface area contributed by atoms with Gasteiger partial charge in [0.05, 0.1) is 60.4 Å². The molecule has 7 aromatic carbocycles. The van der Waals surface area contributed by atoms with Crippen molar-refractivity contribution >= 4 is 43.6 Å². The molecule has 44 heavy (non-hydrogen) atoms. The topological polar surface area (TPSA) is 9.86 Å². The van der Waals surface area contributed by atoms with Gasteiger partial charge < -0.3 is 9.13 Å². The van der Waals surface area contributed by atoms with Crippen molar-refractivity contribution in [1.82, 2.24) is 9.13 Å². The van der Waals surface area contributed by atoms with E-state index in [4.69, 9.17) is 26.0 Å². The van der Waals surface area contributed by atoms with E-state index in [2.05, 4.69) is 0 Å². The molecule has 0 saturated carbocycles.